The molecule has 8 heteroatoms. The summed E-state index contributed by atoms with van der Waals surface area (Å²) in [6.07, 6.45) is 9.03. The lowest BCUT2D eigenvalue weighted by atomic mass is 9.95. The van der Waals surface area contributed by atoms with Crippen molar-refractivity contribution >= 4 is 40.5 Å². The Morgan fingerprint density at radius 1 is 1.15 bits per heavy atom. The van der Waals surface area contributed by atoms with E-state index in [1.165, 1.54) is 28.9 Å². The Hall–Kier alpha value is -1.57. The molecule has 1 aliphatic carbocycles. The predicted molar refractivity (Wildman–Crippen MR) is 135 cm³/mol. The van der Waals surface area contributed by atoms with Crippen molar-refractivity contribution in [2.75, 3.05) is 20.3 Å². The van der Waals surface area contributed by atoms with E-state index in [-0.39, 0.29) is 24.3 Å². The smallest absolute Gasteiger partial charge is 0.348 e. The normalized spacial score (nSPS) is 22.4. The Morgan fingerprint density at radius 2 is 1.97 bits per heavy atom. The van der Waals surface area contributed by atoms with Crippen molar-refractivity contribution in [1.82, 2.24) is 0 Å². The van der Waals surface area contributed by atoms with Crippen LogP contribution in [-0.4, -0.2) is 38.7 Å². The summed E-state index contributed by atoms with van der Waals surface area (Å²) in [5.41, 5.74) is 1.35. The Morgan fingerprint density at radius 3 is 2.71 bits per heavy atom. The minimum absolute atomic E-state index is 0.0282. The summed E-state index contributed by atoms with van der Waals surface area (Å²) in [4.78, 5) is 13.5. The highest BCUT2D eigenvalue weighted by Gasteiger charge is 2.33. The summed E-state index contributed by atoms with van der Waals surface area (Å²) in [5.74, 6) is 0.514. The molecule has 0 saturated carbocycles. The number of carbonyl (C=O) groups is 1. The molecule has 1 unspecified atom stereocenters. The molecule has 0 bridgehead atoms. The van der Waals surface area contributed by atoms with Gasteiger partial charge < -0.3 is 18.9 Å². The van der Waals surface area contributed by atoms with Gasteiger partial charge in [0.1, 0.15) is 10.6 Å². The number of hydrogen-bond acceptors (Lipinski definition) is 6. The lowest BCUT2D eigenvalue weighted by Gasteiger charge is -2.30. The van der Waals surface area contributed by atoms with E-state index in [2.05, 4.69) is 6.08 Å². The number of halogens is 2. The molecule has 3 atom stereocenters. The van der Waals surface area contributed by atoms with Crippen LogP contribution in [0.4, 0.5) is 0 Å². The molecule has 1 saturated heterocycles. The van der Waals surface area contributed by atoms with E-state index in [1.54, 1.807) is 18.2 Å². The number of hydrogen-bond donors (Lipinski definition) is 0. The van der Waals surface area contributed by atoms with Crippen LogP contribution >= 0.6 is 34.5 Å². The number of methoxy groups -OCH3 is 1. The Balaban J connectivity index is 1.37. The highest BCUT2D eigenvalue weighted by Crippen LogP contribution is 2.35. The first-order valence-corrected chi connectivity index (χ1v) is 13.3. The molecule has 2 aliphatic rings. The third-order valence-electron chi connectivity index (χ3n) is 6.20. The van der Waals surface area contributed by atoms with Gasteiger partial charge in [0.05, 0.1) is 19.8 Å². The summed E-state index contributed by atoms with van der Waals surface area (Å²) < 4.78 is 23.1. The lowest BCUT2D eigenvalue weighted by Crippen LogP contribution is -2.33. The van der Waals surface area contributed by atoms with Crippen LogP contribution in [0.2, 0.25) is 10.0 Å². The van der Waals surface area contributed by atoms with E-state index in [9.17, 15) is 4.79 Å². The number of carbonyl (C=O) groups excluding carboxylic acids is 1. The second-order valence-corrected chi connectivity index (χ2v) is 10.7. The van der Waals surface area contributed by atoms with Crippen LogP contribution in [-0.2, 0) is 20.6 Å². The fourth-order valence-corrected chi connectivity index (χ4v) is 5.95. The van der Waals surface area contributed by atoms with E-state index < -0.39 is 0 Å². The fourth-order valence-electron chi connectivity index (χ4n) is 4.47. The van der Waals surface area contributed by atoms with E-state index in [1.807, 2.05) is 12.1 Å². The maximum absolute atomic E-state index is 11.7. The molecule has 0 spiro atoms. The van der Waals surface area contributed by atoms with Gasteiger partial charge in [0.25, 0.3) is 0 Å². The van der Waals surface area contributed by atoms with Gasteiger partial charge >= 0.3 is 5.97 Å². The molecule has 1 fully saturated rings. The summed E-state index contributed by atoms with van der Waals surface area (Å²) in [6.45, 7) is 1.25. The topological polar surface area (TPSA) is 54.0 Å². The van der Waals surface area contributed by atoms with Crippen LogP contribution in [0, 0.1) is 5.92 Å². The second-order valence-electron chi connectivity index (χ2n) is 8.62. The second kappa shape index (κ2) is 12.4. The van der Waals surface area contributed by atoms with Crippen molar-refractivity contribution in [2.24, 2.45) is 5.92 Å². The predicted octanol–water partition coefficient (Wildman–Crippen LogP) is 7.10. The number of esters is 1. The van der Waals surface area contributed by atoms with Gasteiger partial charge in [-0.15, -0.1) is 11.3 Å². The number of rotatable bonds is 10. The lowest BCUT2D eigenvalue weighted by molar-refractivity contribution is -0.194. The summed E-state index contributed by atoms with van der Waals surface area (Å²) in [6, 6.07) is 9.10. The maximum Gasteiger partial charge on any atom is 0.348 e. The first-order valence-electron chi connectivity index (χ1n) is 11.7. The van der Waals surface area contributed by atoms with Crippen molar-refractivity contribution in [3.63, 3.8) is 0 Å². The molecule has 0 N–H and O–H groups in total. The van der Waals surface area contributed by atoms with Gasteiger partial charge in [-0.2, -0.15) is 0 Å². The van der Waals surface area contributed by atoms with E-state index in [4.69, 9.17) is 42.1 Å². The molecule has 1 aromatic heterocycles. The molecule has 5 nitrogen and oxygen atoms in total. The van der Waals surface area contributed by atoms with Crippen LogP contribution < -0.4 is 4.74 Å². The van der Waals surface area contributed by atoms with Crippen molar-refractivity contribution in [3.8, 4) is 5.75 Å². The maximum atomic E-state index is 11.7. The van der Waals surface area contributed by atoms with Crippen LogP contribution in [0.3, 0.4) is 0 Å². The van der Waals surface area contributed by atoms with Crippen molar-refractivity contribution < 1.29 is 23.7 Å². The minimum Gasteiger partial charge on any atom is -0.493 e. The Labute approximate surface area is 214 Å². The highest BCUT2D eigenvalue weighted by molar-refractivity contribution is 7.13. The average molecular weight is 525 g/mol. The van der Waals surface area contributed by atoms with Crippen LogP contribution in [0.5, 0.6) is 5.75 Å². The van der Waals surface area contributed by atoms with E-state index in [0.717, 1.165) is 51.6 Å². The third kappa shape index (κ3) is 6.98. The monoisotopic (exact) mass is 524 g/mol. The van der Waals surface area contributed by atoms with Crippen molar-refractivity contribution in [2.45, 2.75) is 57.3 Å². The molecular formula is C26H30Cl2O5S. The number of benzene rings is 1. The molecule has 0 amide bonds. The zero-order valence-corrected chi connectivity index (χ0v) is 21.6. The minimum atomic E-state index is -0.280. The van der Waals surface area contributed by atoms with Crippen LogP contribution in [0.25, 0.3) is 0 Å². The average Bonchev–Trinajstić information content (AvgIpc) is 3.45. The van der Waals surface area contributed by atoms with Gasteiger partial charge in [-0.25, -0.2) is 4.79 Å². The zero-order chi connectivity index (χ0) is 23.9. The van der Waals surface area contributed by atoms with Gasteiger partial charge in [0, 0.05) is 27.4 Å². The molecule has 4 rings (SSSR count). The van der Waals surface area contributed by atoms with Gasteiger partial charge in [-0.1, -0.05) is 34.9 Å². The zero-order valence-electron chi connectivity index (χ0n) is 19.3. The molecule has 2 aromatic rings. The fraction of sp³-hybridized carbons (Fsp3) is 0.500. The molecule has 1 aromatic carbocycles. The number of ether oxygens (including phenoxy) is 4. The molecule has 34 heavy (non-hydrogen) atoms. The van der Waals surface area contributed by atoms with E-state index >= 15 is 0 Å². The third-order valence-corrected chi connectivity index (χ3v) is 7.77. The molecular weight excluding hydrogens is 495 g/mol. The number of thiophene rings is 1. The first-order chi connectivity index (χ1) is 16.5. The molecule has 1 aliphatic heterocycles. The Bertz CT molecular complexity index is 979. The first kappa shape index (κ1) is 25.5. The van der Waals surface area contributed by atoms with Gasteiger partial charge in [-0.05, 0) is 75.3 Å². The van der Waals surface area contributed by atoms with Gasteiger partial charge in [0.2, 0.25) is 0 Å². The largest absolute Gasteiger partial charge is 0.493 e. The quantitative estimate of drug-likeness (QED) is 0.245. The van der Waals surface area contributed by atoms with Gasteiger partial charge in [-0.3, -0.25) is 0 Å². The van der Waals surface area contributed by atoms with Crippen LogP contribution in [0.1, 0.15) is 53.1 Å². The van der Waals surface area contributed by atoms with Gasteiger partial charge in [0.15, 0.2) is 6.29 Å². The summed E-state index contributed by atoms with van der Waals surface area (Å²) in [7, 11) is 1.41. The Kier molecular flexibility index (Phi) is 9.31. The summed E-state index contributed by atoms with van der Waals surface area (Å²) in [5, 5.41) is 1.10. The number of aryl methyl sites for hydroxylation is 1. The molecule has 2 heterocycles. The standard InChI is InChI=1S/C26H30Cl2O5S/c1-30-26(29)24-11-9-21(34-24)6-4-5-17-8-10-23(33-25-7-2-3-12-31-25)22(17)16-32-20-14-18(27)13-19(28)15-20/h8-9,11,13-15,22-23,25H,2-7,10,12,16H2,1H3/t22-,23-,25?/m1/s1. The highest BCUT2D eigenvalue weighted by atomic mass is 35.5. The SMILES string of the molecule is COC(=O)c1ccc(CCCC2=CC[C@@H](OC3CCCCO3)[C@@H]2COc2cc(Cl)cc(Cl)c2)s1. The van der Waals surface area contributed by atoms with Crippen molar-refractivity contribution in [1.29, 1.82) is 0 Å². The molecule has 184 valence electrons. The summed E-state index contributed by atoms with van der Waals surface area (Å²) >= 11 is 13.8. The van der Waals surface area contributed by atoms with E-state index in [0.29, 0.717) is 27.3 Å². The van der Waals surface area contributed by atoms with Crippen LogP contribution in [0.15, 0.2) is 42.0 Å². The molecule has 0 radical (unpaired) electrons. The van der Waals surface area contributed by atoms with Crippen molar-refractivity contribution in [3.05, 3.63) is 61.8 Å².